The number of aliphatic hydroxyl groups is 1. The summed E-state index contributed by atoms with van der Waals surface area (Å²) in [7, 11) is -4.61. The van der Waals surface area contributed by atoms with Gasteiger partial charge in [0.05, 0.1) is 27.5 Å². The van der Waals surface area contributed by atoms with Gasteiger partial charge in [-0.2, -0.15) is 0 Å². The quantitative estimate of drug-likeness (QED) is 0.0875. The van der Waals surface area contributed by atoms with Gasteiger partial charge in [0.2, 0.25) is 0 Å². The van der Waals surface area contributed by atoms with E-state index < -0.39 is 27.3 Å². The zero-order chi connectivity index (χ0) is 47.5. The molecule has 10 rings (SSSR count). The summed E-state index contributed by atoms with van der Waals surface area (Å²) in [5.74, 6) is -0.618. The summed E-state index contributed by atoms with van der Waals surface area (Å²) >= 11 is 0. The summed E-state index contributed by atoms with van der Waals surface area (Å²) in [6.07, 6.45) is 12.2. The molecule has 5 aromatic rings. The number of anilines is 2. The largest absolute Gasteiger partial charge is 0.489 e. The predicted octanol–water partition coefficient (Wildman–Crippen LogP) is 10.5. The second-order valence-electron chi connectivity index (χ2n) is 20.4. The Morgan fingerprint density at radius 3 is 2.54 bits per heavy atom. The molecule has 3 aromatic carbocycles. The van der Waals surface area contributed by atoms with E-state index in [1.165, 1.54) is 67.3 Å². The zero-order valence-corrected chi connectivity index (χ0v) is 39.7. The maximum Gasteiger partial charge on any atom is 0.268 e. The predicted molar refractivity (Wildman–Crippen MR) is 261 cm³/mol. The van der Waals surface area contributed by atoms with Crippen LogP contribution in [0.4, 0.5) is 21.5 Å². The van der Waals surface area contributed by atoms with Crippen LogP contribution in [0.1, 0.15) is 124 Å². The van der Waals surface area contributed by atoms with E-state index in [0.29, 0.717) is 30.8 Å². The van der Waals surface area contributed by atoms with Gasteiger partial charge in [0.1, 0.15) is 46.6 Å². The first-order valence-electron chi connectivity index (χ1n) is 24.0. The van der Waals surface area contributed by atoms with Crippen molar-refractivity contribution in [1.82, 2.24) is 19.6 Å². The Balaban J connectivity index is 0.876. The van der Waals surface area contributed by atoms with Gasteiger partial charge in [-0.25, -0.2) is 22.5 Å². The first-order chi connectivity index (χ1) is 32.6. The summed E-state index contributed by atoms with van der Waals surface area (Å²) in [4.78, 5) is 38.3. The van der Waals surface area contributed by atoms with E-state index in [-0.39, 0.29) is 79.8 Å². The lowest BCUT2D eigenvalue weighted by Crippen LogP contribution is -2.54. The summed E-state index contributed by atoms with van der Waals surface area (Å²) in [6.45, 7) is 13.2. The molecule has 1 spiro atoms. The maximum absolute atomic E-state index is 14.9. The Morgan fingerprint density at radius 2 is 1.81 bits per heavy atom. The molecule has 16 heteroatoms. The molecule has 3 aliphatic heterocycles. The Morgan fingerprint density at radius 1 is 1.04 bits per heavy atom. The average molecular weight is 946 g/mol. The number of rotatable bonds is 12. The highest BCUT2D eigenvalue weighted by molar-refractivity contribution is 7.90. The molecule has 4 N–H and O–H groups in total. The Labute approximate surface area is 396 Å². The van der Waals surface area contributed by atoms with E-state index in [2.05, 4.69) is 79.7 Å². The number of nitroso groups, excluding NO2 is 1. The molecule has 0 unspecified atom stereocenters. The molecule has 5 aliphatic rings. The molecule has 2 atom stereocenters. The number of aromatic nitrogens is 2. The van der Waals surface area contributed by atoms with Crippen molar-refractivity contribution in [2.75, 3.05) is 36.5 Å². The van der Waals surface area contributed by atoms with Crippen molar-refractivity contribution in [3.8, 4) is 17.2 Å². The van der Waals surface area contributed by atoms with Crippen LogP contribution in [0.25, 0.3) is 17.1 Å². The average Bonchev–Trinajstić information content (AvgIpc) is 3.96. The van der Waals surface area contributed by atoms with Gasteiger partial charge in [0, 0.05) is 49.2 Å². The van der Waals surface area contributed by atoms with E-state index in [4.69, 9.17) is 9.47 Å². The third kappa shape index (κ3) is 8.75. The number of nitrogens with zero attached hydrogens (tertiary/aromatic N) is 4. The molecule has 2 saturated heterocycles. The van der Waals surface area contributed by atoms with Gasteiger partial charge in [-0.3, -0.25) is 9.69 Å². The number of H-pyrrole nitrogens is 1. The molecule has 0 radical (unpaired) electrons. The van der Waals surface area contributed by atoms with Crippen LogP contribution in [0, 0.1) is 22.1 Å². The van der Waals surface area contributed by atoms with Crippen LogP contribution in [0.5, 0.6) is 17.2 Å². The molecule has 358 valence electrons. The number of piperidine rings is 1. The fourth-order valence-electron chi connectivity index (χ4n) is 11.7. The number of amides is 1. The summed E-state index contributed by atoms with van der Waals surface area (Å²) in [5.41, 5.74) is 3.82. The number of sulfonamides is 1. The molecule has 68 heavy (non-hydrogen) atoms. The van der Waals surface area contributed by atoms with Crippen molar-refractivity contribution >= 4 is 50.1 Å². The lowest BCUT2D eigenvalue weighted by Gasteiger charge is -2.56. The topological polar surface area (TPSA) is 179 Å². The second kappa shape index (κ2) is 17.9. The monoisotopic (exact) mass is 945 g/mol. The first kappa shape index (κ1) is 45.9. The molecular formula is C52H60FN7O7S. The number of aromatic amines is 1. The molecular weight excluding hydrogens is 886 g/mol. The number of pyridine rings is 1. The Bertz CT molecular complexity index is 2880. The fraction of sp³-hybridized carbons (Fsp3) is 0.462. The SMILES string of the molecule is C=Cc1nc2[nH]cc(F)c2cc1Oc1cc(N2CCC3(CC2)CC(N2CCC[C@@H]2c2ccccc2C(C)C)C3)ccc1C(=O)NS(=O)(=O)c1cc(N=O)c2c(c1)OC[C@H](C1CCC(C)(O)CC1)N2. The van der Waals surface area contributed by atoms with Gasteiger partial charge in [0.25, 0.3) is 15.9 Å². The van der Waals surface area contributed by atoms with Crippen molar-refractivity contribution in [2.45, 2.75) is 120 Å². The Hall–Kier alpha value is -5.84. The van der Waals surface area contributed by atoms with Crippen molar-refractivity contribution < 1.29 is 32.2 Å². The van der Waals surface area contributed by atoms with Gasteiger partial charge in [-0.15, -0.1) is 4.91 Å². The minimum atomic E-state index is -4.61. The van der Waals surface area contributed by atoms with Crippen LogP contribution >= 0.6 is 0 Å². The smallest absolute Gasteiger partial charge is 0.268 e. The molecule has 14 nitrogen and oxygen atoms in total. The molecule has 2 saturated carbocycles. The van der Waals surface area contributed by atoms with E-state index in [0.717, 1.165) is 57.1 Å². The van der Waals surface area contributed by atoms with E-state index in [9.17, 15) is 27.6 Å². The number of fused-ring (bicyclic) bond motifs is 2. The molecule has 0 bridgehead atoms. The first-order valence-corrected chi connectivity index (χ1v) is 25.5. The van der Waals surface area contributed by atoms with Crippen molar-refractivity contribution in [1.29, 1.82) is 0 Å². The van der Waals surface area contributed by atoms with Crippen molar-refractivity contribution in [2.24, 2.45) is 16.5 Å². The third-order valence-electron chi connectivity index (χ3n) is 15.6. The van der Waals surface area contributed by atoms with Gasteiger partial charge in [0.15, 0.2) is 5.75 Å². The molecule has 4 fully saturated rings. The maximum atomic E-state index is 14.9. The number of hydrogen-bond donors (Lipinski definition) is 4. The van der Waals surface area contributed by atoms with Crippen LogP contribution in [0.15, 0.2) is 83.5 Å². The molecule has 1 amide bonds. The van der Waals surface area contributed by atoms with Gasteiger partial charge in [-0.1, -0.05) is 44.7 Å². The van der Waals surface area contributed by atoms with Gasteiger partial charge >= 0.3 is 0 Å². The number of ether oxygens (including phenoxy) is 2. The second-order valence-corrected chi connectivity index (χ2v) is 22.0. The zero-order valence-electron chi connectivity index (χ0n) is 38.9. The van der Waals surface area contributed by atoms with E-state index >= 15 is 0 Å². The minimum absolute atomic E-state index is 0.0321. The highest BCUT2D eigenvalue weighted by Crippen LogP contribution is 2.54. The lowest BCUT2D eigenvalue weighted by molar-refractivity contribution is -0.0227. The number of carbonyl (C=O) groups is 1. The van der Waals surface area contributed by atoms with Crippen molar-refractivity contribution in [3.05, 3.63) is 107 Å². The van der Waals surface area contributed by atoms with Crippen molar-refractivity contribution in [3.63, 3.8) is 0 Å². The molecule has 2 aliphatic carbocycles. The number of hydrogen-bond acceptors (Lipinski definition) is 12. The molecule has 2 aromatic heterocycles. The van der Waals surface area contributed by atoms with Crippen LogP contribution < -0.4 is 24.4 Å². The number of nitrogens with one attached hydrogen (secondary N) is 3. The standard InChI is InChI=1S/C52H60FN7O7S/c1-5-41-46(26-39-40(53)29-54-49(39)56-41)67-45-23-33(59-21-18-52(19-22-59)27-34(28-52)60-20-8-11-44(60)37-10-7-6-9-36(37)31(2)3)12-13-38(45)50(61)58-68(64,65)35-24-42(57-63)48-47(25-35)66-30-43(55-48)32-14-16-51(4,62)17-15-32/h5-7,9-10,12-13,23-26,29,31-32,34,43-44,55,62H,1,8,11,14-22,27-28,30H2,2-4H3,(H,54,56)(H,58,61)/t32?,43-,44-,51?/m1/s1. The van der Waals surface area contributed by atoms with E-state index in [1.807, 2.05) is 6.92 Å². The van der Waals surface area contributed by atoms with Gasteiger partial charge in [-0.05, 0) is 142 Å². The summed E-state index contributed by atoms with van der Waals surface area (Å²) in [5, 5.41) is 17.1. The van der Waals surface area contributed by atoms with Crippen LogP contribution in [-0.4, -0.2) is 78.2 Å². The highest BCUT2D eigenvalue weighted by atomic mass is 32.2. The third-order valence-corrected chi connectivity index (χ3v) is 16.9. The minimum Gasteiger partial charge on any atom is -0.489 e. The number of halogens is 1. The normalized spacial score (nSPS) is 24.0. The number of likely N-dealkylation sites (tertiary alicyclic amines) is 1. The van der Waals surface area contributed by atoms with Crippen LogP contribution in [-0.2, 0) is 10.0 Å². The Kier molecular flexibility index (Phi) is 12.1. The number of benzene rings is 3. The summed E-state index contributed by atoms with van der Waals surface area (Å²) in [6, 6.07) is 18.7. The van der Waals surface area contributed by atoms with Gasteiger partial charge < -0.3 is 29.8 Å². The van der Waals surface area contributed by atoms with E-state index in [1.54, 1.807) is 12.1 Å². The van der Waals surface area contributed by atoms with Crippen LogP contribution in [0.2, 0.25) is 0 Å². The fourth-order valence-corrected chi connectivity index (χ4v) is 12.7. The number of carbonyl (C=O) groups excluding carboxylic acids is 1. The highest BCUT2D eigenvalue weighted by Gasteiger charge is 2.50. The lowest BCUT2D eigenvalue weighted by atomic mass is 9.59. The van der Waals surface area contributed by atoms with Crippen LogP contribution in [0.3, 0.4) is 0 Å². The summed E-state index contributed by atoms with van der Waals surface area (Å²) < 4.78 is 57.5. The molecule has 5 heterocycles.